The van der Waals surface area contributed by atoms with Gasteiger partial charge in [0.15, 0.2) is 0 Å². The van der Waals surface area contributed by atoms with Gasteiger partial charge in [0.2, 0.25) is 5.91 Å². The molecular weight excluding hydrogens is 369 g/mol. The van der Waals surface area contributed by atoms with Crippen molar-refractivity contribution in [2.24, 2.45) is 0 Å². The summed E-state index contributed by atoms with van der Waals surface area (Å²) in [5.74, 6) is -0.106. The first-order valence-corrected chi connectivity index (χ1v) is 9.02. The first kappa shape index (κ1) is 19.9. The number of likely N-dealkylation sites (tertiary alicyclic amines) is 1. The number of hydrogen-bond acceptors (Lipinski definition) is 2. The van der Waals surface area contributed by atoms with Gasteiger partial charge in [0.1, 0.15) is 0 Å². The van der Waals surface area contributed by atoms with Gasteiger partial charge in [-0.05, 0) is 41.8 Å². The Bertz CT molecular complexity index is 863. The fourth-order valence-corrected chi connectivity index (χ4v) is 3.26. The van der Waals surface area contributed by atoms with Crippen LogP contribution >= 0.6 is 0 Å². The predicted octanol–water partition coefficient (Wildman–Crippen LogP) is 4.10. The normalized spacial score (nSPS) is 14.4. The maximum absolute atomic E-state index is 12.7. The third kappa shape index (κ3) is 4.71. The van der Waals surface area contributed by atoms with Gasteiger partial charge in [-0.25, -0.2) is 0 Å². The number of hydrogen-bond donors (Lipinski definition) is 0. The lowest BCUT2D eigenvalue weighted by atomic mass is 10.1. The number of nitrogens with zero attached hydrogens (tertiary/aromatic N) is 2. The van der Waals surface area contributed by atoms with Crippen molar-refractivity contribution in [1.82, 2.24) is 9.80 Å². The van der Waals surface area contributed by atoms with Crippen LogP contribution in [0, 0.1) is 0 Å². The van der Waals surface area contributed by atoms with E-state index < -0.39 is 11.7 Å². The largest absolute Gasteiger partial charge is 0.416 e. The van der Waals surface area contributed by atoms with Gasteiger partial charge in [0, 0.05) is 38.7 Å². The molecule has 2 amide bonds. The summed E-state index contributed by atoms with van der Waals surface area (Å²) in [6.45, 7) is 1.40. The number of amides is 2. The quantitative estimate of drug-likeness (QED) is 0.771. The minimum Gasteiger partial charge on any atom is -0.338 e. The lowest BCUT2D eigenvalue weighted by Gasteiger charge is -2.19. The zero-order chi connectivity index (χ0) is 20.3. The summed E-state index contributed by atoms with van der Waals surface area (Å²) in [5.41, 5.74) is 1.26. The highest BCUT2D eigenvalue weighted by molar-refractivity contribution is 5.94. The van der Waals surface area contributed by atoms with E-state index in [0.717, 1.165) is 30.7 Å². The molecule has 0 N–H and O–H groups in total. The molecule has 1 heterocycles. The molecule has 1 aliphatic heterocycles. The second-order valence-corrected chi connectivity index (χ2v) is 6.98. The molecule has 4 nitrogen and oxygen atoms in total. The Morgan fingerprint density at radius 1 is 1.11 bits per heavy atom. The van der Waals surface area contributed by atoms with Crippen molar-refractivity contribution in [3.05, 3.63) is 70.8 Å². The molecule has 148 valence electrons. The van der Waals surface area contributed by atoms with Gasteiger partial charge in [0.25, 0.3) is 5.91 Å². The molecule has 28 heavy (non-hydrogen) atoms. The molecular formula is C21H21F3N2O2. The smallest absolute Gasteiger partial charge is 0.338 e. The Morgan fingerprint density at radius 2 is 1.82 bits per heavy atom. The second-order valence-electron chi connectivity index (χ2n) is 6.98. The number of halogens is 3. The number of rotatable bonds is 5. The van der Waals surface area contributed by atoms with Crippen molar-refractivity contribution in [1.29, 1.82) is 0 Å². The average molecular weight is 390 g/mol. The third-order valence-corrected chi connectivity index (χ3v) is 4.77. The van der Waals surface area contributed by atoms with Crippen LogP contribution in [0.2, 0.25) is 0 Å². The summed E-state index contributed by atoms with van der Waals surface area (Å²) in [6, 6.07) is 11.9. The fourth-order valence-electron chi connectivity index (χ4n) is 3.26. The van der Waals surface area contributed by atoms with Crippen molar-refractivity contribution >= 4 is 11.8 Å². The minimum absolute atomic E-state index is 0.121. The standard InChI is InChI=1S/C21H21F3N2O2/c1-25(13-15-7-9-18(10-8-15)21(22,23)24)20(28)17-5-2-4-16(12-17)14-26-11-3-6-19(26)27/h2,4-5,7-10,12H,3,6,11,13-14H2,1H3. The first-order valence-electron chi connectivity index (χ1n) is 9.02. The van der Waals surface area contributed by atoms with Gasteiger partial charge in [-0.3, -0.25) is 9.59 Å². The van der Waals surface area contributed by atoms with Crippen LogP contribution < -0.4 is 0 Å². The van der Waals surface area contributed by atoms with Crippen LogP contribution in [0.3, 0.4) is 0 Å². The summed E-state index contributed by atoms with van der Waals surface area (Å²) < 4.78 is 38.0. The Hall–Kier alpha value is -2.83. The van der Waals surface area contributed by atoms with Crippen LogP contribution in [0.1, 0.15) is 39.9 Å². The first-order chi connectivity index (χ1) is 13.2. The molecule has 0 atom stereocenters. The van der Waals surface area contributed by atoms with Gasteiger partial charge >= 0.3 is 6.18 Å². The topological polar surface area (TPSA) is 40.6 Å². The fraction of sp³-hybridized carbons (Fsp3) is 0.333. The van der Waals surface area contributed by atoms with E-state index >= 15 is 0 Å². The van der Waals surface area contributed by atoms with Crippen molar-refractivity contribution in [3.8, 4) is 0 Å². The molecule has 1 aliphatic rings. The summed E-state index contributed by atoms with van der Waals surface area (Å²) in [5, 5.41) is 0. The van der Waals surface area contributed by atoms with Crippen LogP contribution in [0.25, 0.3) is 0 Å². The molecule has 7 heteroatoms. The molecule has 2 aromatic carbocycles. The molecule has 2 aromatic rings. The van der Waals surface area contributed by atoms with E-state index in [1.54, 1.807) is 30.1 Å². The Morgan fingerprint density at radius 3 is 2.43 bits per heavy atom. The van der Waals surface area contributed by atoms with Crippen molar-refractivity contribution in [2.45, 2.75) is 32.1 Å². The van der Waals surface area contributed by atoms with Gasteiger partial charge in [-0.1, -0.05) is 24.3 Å². The van der Waals surface area contributed by atoms with E-state index in [0.29, 0.717) is 24.1 Å². The Balaban J connectivity index is 1.66. The second kappa shape index (κ2) is 8.04. The van der Waals surface area contributed by atoms with E-state index in [4.69, 9.17) is 0 Å². The lowest BCUT2D eigenvalue weighted by molar-refractivity contribution is -0.137. The van der Waals surface area contributed by atoms with Crippen LogP contribution in [0.4, 0.5) is 13.2 Å². The summed E-state index contributed by atoms with van der Waals surface area (Å²) >= 11 is 0. The highest BCUT2D eigenvalue weighted by atomic mass is 19.4. The van der Waals surface area contributed by atoms with Crippen LogP contribution in [-0.4, -0.2) is 35.2 Å². The van der Waals surface area contributed by atoms with E-state index in [9.17, 15) is 22.8 Å². The maximum atomic E-state index is 12.7. The van der Waals surface area contributed by atoms with E-state index in [2.05, 4.69) is 0 Å². The highest BCUT2D eigenvalue weighted by Gasteiger charge is 2.30. The summed E-state index contributed by atoms with van der Waals surface area (Å²) in [4.78, 5) is 27.7. The molecule has 0 saturated carbocycles. The third-order valence-electron chi connectivity index (χ3n) is 4.77. The Labute approximate surface area is 161 Å². The molecule has 0 bridgehead atoms. The molecule has 1 fully saturated rings. The highest BCUT2D eigenvalue weighted by Crippen LogP contribution is 2.29. The van der Waals surface area contributed by atoms with E-state index in [-0.39, 0.29) is 18.4 Å². The average Bonchev–Trinajstić information content (AvgIpc) is 3.05. The molecule has 3 rings (SSSR count). The summed E-state index contributed by atoms with van der Waals surface area (Å²) in [6.07, 6.45) is -2.96. The summed E-state index contributed by atoms with van der Waals surface area (Å²) in [7, 11) is 1.61. The zero-order valence-electron chi connectivity index (χ0n) is 15.5. The maximum Gasteiger partial charge on any atom is 0.416 e. The Kier molecular flexibility index (Phi) is 5.72. The van der Waals surface area contributed by atoms with E-state index in [1.807, 2.05) is 6.07 Å². The monoisotopic (exact) mass is 390 g/mol. The van der Waals surface area contributed by atoms with Gasteiger partial charge in [0.05, 0.1) is 5.56 Å². The van der Waals surface area contributed by atoms with Crippen molar-refractivity contribution in [3.63, 3.8) is 0 Å². The number of alkyl halides is 3. The number of benzene rings is 2. The molecule has 0 unspecified atom stereocenters. The number of carbonyl (C=O) groups is 2. The molecule has 0 aromatic heterocycles. The molecule has 1 saturated heterocycles. The SMILES string of the molecule is CN(Cc1ccc(C(F)(F)F)cc1)C(=O)c1cccc(CN2CCCC2=O)c1. The molecule has 0 radical (unpaired) electrons. The lowest BCUT2D eigenvalue weighted by Crippen LogP contribution is -2.27. The predicted molar refractivity (Wildman–Crippen MR) is 98.3 cm³/mol. The van der Waals surface area contributed by atoms with Crippen LogP contribution in [0.5, 0.6) is 0 Å². The zero-order valence-corrected chi connectivity index (χ0v) is 15.5. The molecule has 0 aliphatic carbocycles. The van der Waals surface area contributed by atoms with E-state index in [1.165, 1.54) is 17.0 Å². The van der Waals surface area contributed by atoms with Gasteiger partial charge in [-0.15, -0.1) is 0 Å². The van der Waals surface area contributed by atoms with Crippen LogP contribution in [-0.2, 0) is 24.1 Å². The van der Waals surface area contributed by atoms with Gasteiger partial charge in [-0.2, -0.15) is 13.2 Å². The minimum atomic E-state index is -4.38. The molecule has 0 spiro atoms. The van der Waals surface area contributed by atoms with Crippen LogP contribution in [0.15, 0.2) is 48.5 Å². The van der Waals surface area contributed by atoms with Crippen molar-refractivity contribution < 1.29 is 22.8 Å². The van der Waals surface area contributed by atoms with Crippen molar-refractivity contribution in [2.75, 3.05) is 13.6 Å². The number of carbonyl (C=O) groups excluding carboxylic acids is 2. The van der Waals surface area contributed by atoms with Gasteiger partial charge < -0.3 is 9.80 Å².